The molecule has 7 N–H and O–H groups in total. The zero-order chi connectivity index (χ0) is 27.6. The van der Waals surface area contributed by atoms with Crippen LogP contribution in [-0.2, 0) is 20.8 Å². The van der Waals surface area contributed by atoms with Crippen molar-refractivity contribution in [3.05, 3.63) is 45.9 Å². The fraction of sp³-hybridized carbons (Fsp3) is 0.417. The second kappa shape index (κ2) is 9.46. The summed E-state index contributed by atoms with van der Waals surface area (Å²) in [5, 5.41) is 47.0. The molecular formula is C24H26BrN3O8S. The van der Waals surface area contributed by atoms with E-state index in [-0.39, 0.29) is 35.4 Å². The van der Waals surface area contributed by atoms with E-state index in [4.69, 9.17) is 5.73 Å². The van der Waals surface area contributed by atoms with Crippen LogP contribution in [0.4, 0.5) is 5.69 Å². The number of amides is 2. The third kappa shape index (κ3) is 3.95. The summed E-state index contributed by atoms with van der Waals surface area (Å²) in [5.41, 5.74) is 1.69. The number of carbonyl (C=O) groups is 4. The number of nitrogens with zero attached hydrogens (tertiary/aromatic N) is 1. The minimum atomic E-state index is -2.71. The molecule has 1 aromatic carbocycles. The third-order valence-corrected chi connectivity index (χ3v) is 8.90. The largest absolute Gasteiger partial charge is 0.510 e. The van der Waals surface area contributed by atoms with Crippen LogP contribution in [0.25, 0.3) is 0 Å². The van der Waals surface area contributed by atoms with Gasteiger partial charge in [0.1, 0.15) is 21.9 Å². The Bertz CT molecular complexity index is 1310. The first-order valence-electron chi connectivity index (χ1n) is 11.3. The minimum absolute atomic E-state index is 0.00176. The molecule has 0 aromatic heterocycles. The number of hydrogen-bond donors (Lipinski definition) is 7. The number of primary amides is 1. The normalized spacial score (nSPS) is 28.0. The van der Waals surface area contributed by atoms with Gasteiger partial charge in [0, 0.05) is 17.2 Å². The number of ketones is 2. The number of rotatable bonds is 5. The van der Waals surface area contributed by atoms with Gasteiger partial charge >= 0.3 is 0 Å². The molecule has 3 aliphatic carbocycles. The number of thiol groups is 1. The van der Waals surface area contributed by atoms with Gasteiger partial charge in [-0.3, -0.25) is 24.1 Å². The standard InChI is InChI=1S/C24H26BrN3O8S/c1-28(2)16-10-6-9-5-8-3-4-12(27-23(35)11(25)7-37)17(29)13(8)18(30)14(9)20(32)24(10,36)21(33)15(19(16)31)22(26)34/h3-4,9-11,16,29,31-32,36-37H,5-7H2,1-2H3,(H2,26,34)(H,27,35)/t9?,10?,11?,16-,24?/m0/s1. The Morgan fingerprint density at radius 2 is 1.92 bits per heavy atom. The fourth-order valence-corrected chi connectivity index (χ4v) is 5.90. The molecule has 0 spiro atoms. The van der Waals surface area contributed by atoms with Crippen molar-refractivity contribution in [3.63, 3.8) is 0 Å². The van der Waals surface area contributed by atoms with Crippen LogP contribution in [0.2, 0.25) is 0 Å². The third-order valence-electron chi connectivity index (χ3n) is 7.30. The van der Waals surface area contributed by atoms with Crippen molar-refractivity contribution in [2.75, 3.05) is 25.2 Å². The molecule has 0 heterocycles. The van der Waals surface area contributed by atoms with Gasteiger partial charge in [-0.1, -0.05) is 22.0 Å². The summed E-state index contributed by atoms with van der Waals surface area (Å²) in [7, 11) is 3.12. The highest BCUT2D eigenvalue weighted by atomic mass is 79.9. The summed E-state index contributed by atoms with van der Waals surface area (Å²) in [4.78, 5) is 52.0. The molecule has 11 nitrogen and oxygen atoms in total. The molecule has 3 aliphatic rings. The summed E-state index contributed by atoms with van der Waals surface area (Å²) in [6, 6.07) is 1.96. The number of Topliss-reactive ketones (excluding diaryl/α,β-unsaturated/α-hetero) is 2. The lowest BCUT2D eigenvalue weighted by Crippen LogP contribution is -2.63. The number of benzene rings is 1. The van der Waals surface area contributed by atoms with Crippen molar-refractivity contribution in [2.24, 2.45) is 17.6 Å². The summed E-state index contributed by atoms with van der Waals surface area (Å²) in [5.74, 6) is -7.61. The topological polar surface area (TPSA) is 190 Å². The van der Waals surface area contributed by atoms with Gasteiger partial charge in [0.25, 0.3) is 5.91 Å². The van der Waals surface area contributed by atoms with Gasteiger partial charge in [0.05, 0.1) is 17.3 Å². The molecule has 2 amide bonds. The molecule has 1 aromatic rings. The first-order valence-corrected chi connectivity index (χ1v) is 12.9. The Kier molecular flexibility index (Phi) is 6.95. The molecule has 0 bridgehead atoms. The number of aliphatic hydroxyl groups is 3. The van der Waals surface area contributed by atoms with Crippen molar-refractivity contribution in [3.8, 4) is 5.75 Å². The van der Waals surface area contributed by atoms with E-state index < -0.39 is 74.5 Å². The number of nitrogens with two attached hydrogens (primary N) is 1. The lowest BCUT2D eigenvalue weighted by Gasteiger charge is -2.50. The number of anilines is 1. The number of hydrogen-bond acceptors (Lipinski definition) is 10. The van der Waals surface area contributed by atoms with E-state index in [1.807, 2.05) is 0 Å². The van der Waals surface area contributed by atoms with E-state index in [1.165, 1.54) is 11.0 Å². The van der Waals surface area contributed by atoms with E-state index in [2.05, 4.69) is 33.9 Å². The number of alkyl halides is 1. The predicted molar refractivity (Wildman–Crippen MR) is 139 cm³/mol. The number of nitrogens with one attached hydrogen (secondary N) is 1. The molecule has 5 atom stereocenters. The van der Waals surface area contributed by atoms with Crippen LogP contribution in [0.15, 0.2) is 34.8 Å². The Morgan fingerprint density at radius 1 is 1.27 bits per heavy atom. The number of carbonyl (C=O) groups excluding carboxylic acids is 4. The van der Waals surface area contributed by atoms with E-state index in [1.54, 1.807) is 20.2 Å². The number of allylic oxidation sites excluding steroid dienone is 1. The molecule has 4 rings (SSSR count). The monoisotopic (exact) mass is 595 g/mol. The molecule has 198 valence electrons. The highest BCUT2D eigenvalue weighted by Gasteiger charge is 2.63. The first-order chi connectivity index (χ1) is 17.3. The van der Waals surface area contributed by atoms with Gasteiger partial charge in [0.15, 0.2) is 17.1 Å². The number of phenols is 1. The molecule has 0 radical (unpaired) electrons. The molecular weight excluding hydrogens is 570 g/mol. The van der Waals surface area contributed by atoms with Crippen LogP contribution in [0.1, 0.15) is 22.3 Å². The SMILES string of the molecule is CN(C)[C@@H]1C(O)=C(C(N)=O)C(=O)C2(O)C(O)=C3C(=O)c4c(ccc(NC(=O)C(Br)CS)c4O)CC3CC12. The smallest absolute Gasteiger partial charge is 0.255 e. The maximum absolute atomic E-state index is 13.6. The van der Waals surface area contributed by atoms with Crippen LogP contribution in [-0.4, -0.2) is 85.0 Å². The maximum atomic E-state index is 13.6. The lowest BCUT2D eigenvalue weighted by atomic mass is 9.58. The Hall–Kier alpha value is -2.87. The Balaban J connectivity index is 1.86. The number of phenolic OH excluding ortho intramolecular Hbond substituents is 1. The number of halogens is 1. The van der Waals surface area contributed by atoms with Gasteiger partial charge in [-0.15, -0.1) is 0 Å². The second-order valence-corrected chi connectivity index (χ2v) is 11.1. The van der Waals surface area contributed by atoms with E-state index in [0.717, 1.165) is 0 Å². The van der Waals surface area contributed by atoms with Crippen molar-refractivity contribution in [1.29, 1.82) is 0 Å². The Morgan fingerprint density at radius 3 is 2.49 bits per heavy atom. The van der Waals surface area contributed by atoms with Gasteiger partial charge in [0.2, 0.25) is 11.7 Å². The predicted octanol–water partition coefficient (Wildman–Crippen LogP) is 0.752. The highest BCUT2D eigenvalue weighted by Crippen LogP contribution is 2.52. The van der Waals surface area contributed by atoms with Crippen molar-refractivity contribution >= 4 is 57.6 Å². The summed E-state index contributed by atoms with van der Waals surface area (Å²) in [6.45, 7) is 0. The quantitative estimate of drug-likeness (QED) is 0.111. The van der Waals surface area contributed by atoms with Crippen LogP contribution in [0.3, 0.4) is 0 Å². The van der Waals surface area contributed by atoms with Crippen molar-refractivity contribution in [1.82, 2.24) is 4.90 Å². The summed E-state index contributed by atoms with van der Waals surface area (Å²) >= 11 is 7.19. The van der Waals surface area contributed by atoms with Gasteiger partial charge < -0.3 is 31.5 Å². The van der Waals surface area contributed by atoms with Crippen LogP contribution < -0.4 is 11.1 Å². The number of likely N-dealkylation sites (N-methyl/N-ethyl adjacent to an activating group) is 1. The van der Waals surface area contributed by atoms with Crippen molar-refractivity contribution < 1.29 is 39.6 Å². The van der Waals surface area contributed by atoms with E-state index >= 15 is 0 Å². The minimum Gasteiger partial charge on any atom is -0.510 e. The summed E-state index contributed by atoms with van der Waals surface area (Å²) < 4.78 is 0. The zero-order valence-electron chi connectivity index (χ0n) is 19.9. The second-order valence-electron chi connectivity index (χ2n) is 9.60. The van der Waals surface area contributed by atoms with E-state index in [9.17, 15) is 39.6 Å². The molecule has 0 fully saturated rings. The van der Waals surface area contributed by atoms with Gasteiger partial charge in [-0.05, 0) is 44.5 Å². The van der Waals surface area contributed by atoms with Gasteiger partial charge in [-0.25, -0.2) is 0 Å². The Labute approximate surface area is 225 Å². The summed E-state index contributed by atoms with van der Waals surface area (Å²) in [6.07, 6.45) is 0.159. The molecule has 37 heavy (non-hydrogen) atoms. The average molecular weight is 596 g/mol. The number of aromatic hydroxyl groups is 1. The molecule has 0 saturated carbocycles. The molecule has 0 saturated heterocycles. The number of aliphatic hydroxyl groups excluding tert-OH is 2. The fourth-order valence-electron chi connectivity index (χ4n) is 5.62. The van der Waals surface area contributed by atoms with Crippen LogP contribution in [0.5, 0.6) is 5.75 Å². The number of fused-ring (bicyclic) bond motifs is 3. The molecule has 0 aliphatic heterocycles. The molecule has 13 heteroatoms. The lowest BCUT2D eigenvalue weighted by molar-refractivity contribution is -0.148. The zero-order valence-corrected chi connectivity index (χ0v) is 22.3. The van der Waals surface area contributed by atoms with Crippen LogP contribution in [0, 0.1) is 11.8 Å². The van der Waals surface area contributed by atoms with E-state index in [0.29, 0.717) is 5.56 Å². The van der Waals surface area contributed by atoms with Crippen LogP contribution >= 0.6 is 28.6 Å². The average Bonchev–Trinajstić information content (AvgIpc) is 2.82. The van der Waals surface area contributed by atoms with Gasteiger partial charge in [-0.2, -0.15) is 12.6 Å². The molecule has 4 unspecified atom stereocenters. The van der Waals surface area contributed by atoms with Crippen molar-refractivity contribution in [2.45, 2.75) is 29.3 Å². The maximum Gasteiger partial charge on any atom is 0.255 e. The first kappa shape index (κ1) is 27.2. The highest BCUT2D eigenvalue weighted by molar-refractivity contribution is 9.10.